The molecule has 0 aromatic heterocycles. The fraction of sp³-hybridized carbons (Fsp3) is 0.478. The summed E-state index contributed by atoms with van der Waals surface area (Å²) in [5, 5.41) is 8.32. The summed E-state index contributed by atoms with van der Waals surface area (Å²) in [6, 6.07) is 7.26. The molecule has 0 bridgehead atoms. The van der Waals surface area contributed by atoms with Crippen LogP contribution in [0.2, 0.25) is 0 Å². The lowest BCUT2D eigenvalue weighted by atomic mass is 9.86. The first-order valence-electron chi connectivity index (χ1n) is 10.9. The predicted octanol–water partition coefficient (Wildman–Crippen LogP) is 4.27. The van der Waals surface area contributed by atoms with E-state index in [0.717, 1.165) is 24.4 Å². The zero-order valence-electron chi connectivity index (χ0n) is 17.3. The van der Waals surface area contributed by atoms with Gasteiger partial charge in [-0.05, 0) is 30.2 Å². The highest BCUT2D eigenvalue weighted by Crippen LogP contribution is 2.44. The average molecular weight is 443 g/mol. The summed E-state index contributed by atoms with van der Waals surface area (Å²) >= 11 is 0.644. The van der Waals surface area contributed by atoms with Crippen LogP contribution in [-0.4, -0.2) is 46.1 Å². The molecule has 0 atom stereocenters. The number of carbonyl (C=O) groups is 4. The van der Waals surface area contributed by atoms with Crippen molar-refractivity contribution in [2.24, 2.45) is 5.92 Å². The molecule has 1 saturated carbocycles. The highest BCUT2D eigenvalue weighted by atomic mass is 32.2. The van der Waals surface area contributed by atoms with Crippen LogP contribution in [0.4, 0.5) is 10.5 Å². The number of fused-ring (bicyclic) bond motifs is 1. The van der Waals surface area contributed by atoms with Gasteiger partial charge in [0.2, 0.25) is 0 Å². The highest BCUT2D eigenvalue weighted by Gasteiger charge is 2.43. The van der Waals surface area contributed by atoms with Gasteiger partial charge in [-0.2, -0.15) is 0 Å². The summed E-state index contributed by atoms with van der Waals surface area (Å²) in [6.07, 6.45) is 9.72. The van der Waals surface area contributed by atoms with E-state index in [1.807, 2.05) is 12.1 Å². The fourth-order valence-corrected chi connectivity index (χ4v) is 5.65. The second-order valence-corrected chi connectivity index (χ2v) is 9.29. The summed E-state index contributed by atoms with van der Waals surface area (Å²) in [5.41, 5.74) is 1.57. The molecule has 0 radical (unpaired) electrons. The highest BCUT2D eigenvalue weighted by molar-refractivity contribution is 8.18. The summed E-state index contributed by atoms with van der Waals surface area (Å²) < 4.78 is 0. The molecule has 1 aromatic carbocycles. The molecule has 2 aliphatic heterocycles. The Morgan fingerprint density at radius 2 is 1.74 bits per heavy atom. The monoisotopic (exact) mass is 442 g/mol. The van der Waals surface area contributed by atoms with Crippen LogP contribution in [0.15, 0.2) is 29.2 Å². The molecule has 164 valence electrons. The molecule has 1 aliphatic carbocycles. The van der Waals surface area contributed by atoms with Crippen LogP contribution in [-0.2, 0) is 14.4 Å². The SMILES string of the molecule is O=C(O)CN1C(=O)S/C(=C2\C(=O)N(CCCCC3CCCCC3)c3ccccc32)C1=O. The third kappa shape index (κ3) is 4.39. The second-order valence-electron chi connectivity index (χ2n) is 8.33. The van der Waals surface area contributed by atoms with E-state index in [0.29, 0.717) is 28.8 Å². The molecule has 0 unspecified atom stereocenters. The van der Waals surface area contributed by atoms with Crippen LogP contribution in [0, 0.1) is 5.92 Å². The Morgan fingerprint density at radius 3 is 2.48 bits per heavy atom. The fourth-order valence-electron chi connectivity index (χ4n) is 4.72. The van der Waals surface area contributed by atoms with Gasteiger partial charge in [0, 0.05) is 12.1 Å². The first kappa shape index (κ1) is 21.6. The van der Waals surface area contributed by atoms with Crippen LogP contribution < -0.4 is 4.90 Å². The van der Waals surface area contributed by atoms with E-state index >= 15 is 0 Å². The largest absolute Gasteiger partial charge is 0.480 e. The van der Waals surface area contributed by atoms with Crippen LogP contribution >= 0.6 is 11.8 Å². The summed E-state index contributed by atoms with van der Waals surface area (Å²) in [5.74, 6) is -1.48. The van der Waals surface area contributed by atoms with Crippen LogP contribution in [0.1, 0.15) is 56.9 Å². The van der Waals surface area contributed by atoms with Crippen molar-refractivity contribution in [2.45, 2.75) is 51.4 Å². The number of nitrogens with zero attached hydrogens (tertiary/aromatic N) is 2. The summed E-state index contributed by atoms with van der Waals surface area (Å²) in [4.78, 5) is 51.6. The zero-order chi connectivity index (χ0) is 22.0. The Morgan fingerprint density at radius 1 is 1.00 bits per heavy atom. The van der Waals surface area contributed by atoms with Gasteiger partial charge in [-0.15, -0.1) is 0 Å². The number of rotatable bonds is 7. The van der Waals surface area contributed by atoms with Gasteiger partial charge in [0.05, 0.1) is 16.2 Å². The number of hydrogen-bond donors (Lipinski definition) is 1. The lowest BCUT2D eigenvalue weighted by Crippen LogP contribution is -2.34. The van der Waals surface area contributed by atoms with Crippen molar-refractivity contribution in [1.82, 2.24) is 4.90 Å². The molecule has 8 heteroatoms. The molecular weight excluding hydrogens is 416 g/mol. The summed E-state index contributed by atoms with van der Waals surface area (Å²) in [6.45, 7) is -0.146. The smallest absolute Gasteiger partial charge is 0.323 e. The number of hydrogen-bond acceptors (Lipinski definition) is 5. The first-order chi connectivity index (χ1) is 15.0. The van der Waals surface area contributed by atoms with Crippen molar-refractivity contribution in [3.63, 3.8) is 0 Å². The van der Waals surface area contributed by atoms with Crippen LogP contribution in [0.3, 0.4) is 0 Å². The number of imide groups is 1. The number of benzene rings is 1. The van der Waals surface area contributed by atoms with Gasteiger partial charge in [-0.3, -0.25) is 24.1 Å². The van der Waals surface area contributed by atoms with Gasteiger partial charge < -0.3 is 10.0 Å². The molecule has 1 saturated heterocycles. The number of para-hydroxylation sites is 1. The Hall–Kier alpha value is -2.61. The normalized spacial score (nSPS) is 21.9. The molecule has 31 heavy (non-hydrogen) atoms. The molecule has 0 spiro atoms. The number of carboxylic acid groups (broad SMARTS) is 1. The minimum atomic E-state index is -1.27. The number of thioether (sulfide) groups is 1. The van der Waals surface area contributed by atoms with E-state index < -0.39 is 23.7 Å². The van der Waals surface area contributed by atoms with Crippen molar-refractivity contribution in [3.05, 3.63) is 34.7 Å². The van der Waals surface area contributed by atoms with Crippen molar-refractivity contribution in [3.8, 4) is 0 Å². The summed E-state index contributed by atoms with van der Waals surface area (Å²) in [7, 11) is 0. The molecule has 3 aliphatic rings. The Labute approximate surface area is 185 Å². The van der Waals surface area contributed by atoms with Crippen molar-refractivity contribution in [2.75, 3.05) is 18.0 Å². The predicted molar refractivity (Wildman–Crippen MR) is 118 cm³/mol. The van der Waals surface area contributed by atoms with E-state index in [2.05, 4.69) is 0 Å². The number of anilines is 1. The number of carboxylic acids is 1. The first-order valence-corrected chi connectivity index (χ1v) is 11.7. The maximum atomic E-state index is 13.3. The van der Waals surface area contributed by atoms with Gasteiger partial charge in [0.1, 0.15) is 6.54 Å². The number of amides is 3. The number of carbonyl (C=O) groups excluding carboxylic acids is 3. The molecule has 7 nitrogen and oxygen atoms in total. The standard InChI is InChI=1S/C23H26N2O5S/c26-18(27)14-25-22(29)20(31-23(25)30)19-16-11-4-5-12-17(16)24(21(19)28)13-7-6-10-15-8-2-1-3-9-15/h4-5,11-12,15H,1-3,6-10,13-14H2,(H,26,27)/b20-19-. The molecule has 4 rings (SSSR count). The zero-order valence-corrected chi connectivity index (χ0v) is 18.2. The van der Waals surface area contributed by atoms with Gasteiger partial charge in [0.15, 0.2) is 0 Å². The van der Waals surface area contributed by atoms with Crippen LogP contribution in [0.25, 0.3) is 5.57 Å². The maximum Gasteiger partial charge on any atom is 0.323 e. The number of unbranched alkanes of at least 4 members (excludes halogenated alkanes) is 1. The minimum Gasteiger partial charge on any atom is -0.480 e. The van der Waals surface area contributed by atoms with Gasteiger partial charge in [-0.25, -0.2) is 0 Å². The third-order valence-electron chi connectivity index (χ3n) is 6.26. The quantitative estimate of drug-likeness (QED) is 0.500. The van der Waals surface area contributed by atoms with E-state index in [1.54, 1.807) is 17.0 Å². The van der Waals surface area contributed by atoms with E-state index in [4.69, 9.17) is 5.11 Å². The maximum absolute atomic E-state index is 13.3. The van der Waals surface area contributed by atoms with Crippen LogP contribution in [0.5, 0.6) is 0 Å². The Balaban J connectivity index is 1.51. The topological polar surface area (TPSA) is 95.0 Å². The minimum absolute atomic E-state index is 0.0217. The average Bonchev–Trinajstić information content (AvgIpc) is 3.19. The van der Waals surface area contributed by atoms with Crippen molar-refractivity contribution < 1.29 is 24.3 Å². The molecule has 3 amide bonds. The Bertz CT molecular complexity index is 951. The number of aliphatic carboxylic acids is 1. The molecule has 1 aromatic rings. The molecule has 1 N–H and O–H groups in total. The lowest BCUT2D eigenvalue weighted by molar-refractivity contribution is -0.140. The van der Waals surface area contributed by atoms with E-state index in [-0.39, 0.29) is 16.4 Å². The second kappa shape index (κ2) is 9.26. The van der Waals surface area contributed by atoms with Crippen molar-refractivity contribution in [1.29, 1.82) is 0 Å². The van der Waals surface area contributed by atoms with Gasteiger partial charge in [-0.1, -0.05) is 63.1 Å². The molecule has 2 heterocycles. The third-order valence-corrected chi connectivity index (χ3v) is 7.24. The lowest BCUT2D eigenvalue weighted by Gasteiger charge is -2.22. The van der Waals surface area contributed by atoms with E-state index in [1.165, 1.54) is 38.5 Å². The molecule has 2 fully saturated rings. The van der Waals surface area contributed by atoms with E-state index in [9.17, 15) is 19.2 Å². The van der Waals surface area contributed by atoms with Crippen molar-refractivity contribution >= 4 is 46.0 Å². The van der Waals surface area contributed by atoms with Gasteiger partial charge in [0.25, 0.3) is 17.1 Å². The molecular formula is C23H26N2O5S. The Kier molecular flexibility index (Phi) is 6.46. The van der Waals surface area contributed by atoms with Gasteiger partial charge >= 0.3 is 5.97 Å².